The van der Waals surface area contributed by atoms with Gasteiger partial charge in [0.2, 0.25) is 10.0 Å². The molecule has 0 N–H and O–H groups in total. The van der Waals surface area contributed by atoms with Crippen molar-refractivity contribution >= 4 is 27.3 Å². The molecule has 7 heteroatoms. The van der Waals surface area contributed by atoms with Gasteiger partial charge in [-0.1, -0.05) is 12.1 Å². The van der Waals surface area contributed by atoms with Gasteiger partial charge in [-0.2, -0.15) is 0 Å². The standard InChI is InChI=1S/C20H21FN2O3S/c1-14-8-9-18(21)17-7-3-10-22(19(14)17)20(24)15-5-2-6-16(13-15)23-11-4-12-27(23,25)26/h2,5-6,8-9,13H,3-4,7,10-12H2,1H3. The molecule has 2 aromatic rings. The van der Waals surface area contributed by atoms with E-state index in [1.54, 1.807) is 35.2 Å². The van der Waals surface area contributed by atoms with Gasteiger partial charge in [-0.3, -0.25) is 9.10 Å². The minimum atomic E-state index is -3.31. The Morgan fingerprint density at radius 1 is 1.11 bits per heavy atom. The molecule has 0 aliphatic carbocycles. The second kappa shape index (κ2) is 6.64. The molecule has 2 aliphatic heterocycles. The number of nitrogens with zero attached hydrogens (tertiary/aromatic N) is 2. The molecule has 5 nitrogen and oxygen atoms in total. The van der Waals surface area contributed by atoms with E-state index in [1.165, 1.54) is 10.4 Å². The summed E-state index contributed by atoms with van der Waals surface area (Å²) >= 11 is 0. The molecule has 1 amide bonds. The number of aryl methyl sites for hydroxylation is 1. The first-order valence-corrected chi connectivity index (χ1v) is 10.7. The predicted octanol–water partition coefficient (Wildman–Crippen LogP) is 3.27. The summed E-state index contributed by atoms with van der Waals surface area (Å²) in [5.74, 6) is -0.392. The average molecular weight is 388 g/mol. The second-order valence-electron chi connectivity index (χ2n) is 7.04. The summed E-state index contributed by atoms with van der Waals surface area (Å²) in [6.07, 6.45) is 1.89. The van der Waals surface area contributed by atoms with Gasteiger partial charge < -0.3 is 4.90 Å². The summed E-state index contributed by atoms with van der Waals surface area (Å²) in [4.78, 5) is 14.8. The van der Waals surface area contributed by atoms with E-state index in [-0.39, 0.29) is 17.5 Å². The second-order valence-corrected chi connectivity index (χ2v) is 9.06. The largest absolute Gasteiger partial charge is 0.308 e. The number of fused-ring (bicyclic) bond motifs is 1. The molecule has 2 heterocycles. The highest BCUT2D eigenvalue weighted by molar-refractivity contribution is 7.93. The predicted molar refractivity (Wildman–Crippen MR) is 103 cm³/mol. The fourth-order valence-corrected chi connectivity index (χ4v) is 5.51. The van der Waals surface area contributed by atoms with Crippen LogP contribution in [-0.4, -0.2) is 33.2 Å². The van der Waals surface area contributed by atoms with Gasteiger partial charge >= 0.3 is 0 Å². The van der Waals surface area contributed by atoms with Gasteiger partial charge in [0, 0.05) is 24.2 Å². The molecule has 0 bridgehead atoms. The molecule has 0 saturated carbocycles. The van der Waals surface area contributed by atoms with Gasteiger partial charge in [0.25, 0.3) is 5.91 Å². The maximum Gasteiger partial charge on any atom is 0.258 e. The van der Waals surface area contributed by atoms with Crippen LogP contribution < -0.4 is 9.21 Å². The number of hydrogen-bond donors (Lipinski definition) is 0. The minimum absolute atomic E-state index is 0.128. The number of benzene rings is 2. The molecule has 0 unspecified atom stereocenters. The lowest BCUT2D eigenvalue weighted by Crippen LogP contribution is -2.36. The number of anilines is 2. The quantitative estimate of drug-likeness (QED) is 0.793. The van der Waals surface area contributed by atoms with Crippen LogP contribution in [0.15, 0.2) is 36.4 Å². The third kappa shape index (κ3) is 3.10. The summed E-state index contributed by atoms with van der Waals surface area (Å²) in [6, 6.07) is 9.83. The van der Waals surface area contributed by atoms with Crippen LogP contribution in [0, 0.1) is 12.7 Å². The van der Waals surface area contributed by atoms with Gasteiger partial charge in [-0.05, 0) is 56.0 Å². The fourth-order valence-electron chi connectivity index (χ4n) is 3.95. The van der Waals surface area contributed by atoms with Gasteiger partial charge in [0.1, 0.15) is 5.82 Å². The molecule has 0 aromatic heterocycles. The summed E-state index contributed by atoms with van der Waals surface area (Å²) in [5, 5.41) is 0. The lowest BCUT2D eigenvalue weighted by atomic mass is 9.96. The highest BCUT2D eigenvalue weighted by Gasteiger charge is 2.30. The first-order chi connectivity index (χ1) is 12.9. The Labute approximate surface area is 158 Å². The van der Waals surface area contributed by atoms with E-state index in [9.17, 15) is 17.6 Å². The molecule has 4 rings (SSSR count). The third-order valence-electron chi connectivity index (χ3n) is 5.23. The SMILES string of the molecule is Cc1ccc(F)c2c1N(C(=O)c1cccc(N3CCCS3(=O)=O)c1)CCC2. The number of hydrogen-bond acceptors (Lipinski definition) is 3. The molecule has 0 atom stereocenters. The average Bonchev–Trinajstić information content (AvgIpc) is 3.03. The van der Waals surface area contributed by atoms with Gasteiger partial charge in [-0.15, -0.1) is 0 Å². The third-order valence-corrected chi connectivity index (χ3v) is 7.10. The van der Waals surface area contributed by atoms with Crippen LogP contribution in [0.5, 0.6) is 0 Å². The van der Waals surface area contributed by atoms with Gasteiger partial charge in [-0.25, -0.2) is 12.8 Å². The molecule has 27 heavy (non-hydrogen) atoms. The van der Waals surface area contributed by atoms with Crippen LogP contribution in [-0.2, 0) is 16.4 Å². The molecular weight excluding hydrogens is 367 g/mol. The monoisotopic (exact) mass is 388 g/mol. The molecule has 2 aromatic carbocycles. The van der Waals surface area contributed by atoms with Crippen LogP contribution in [0.3, 0.4) is 0 Å². The molecule has 0 spiro atoms. The molecule has 2 aliphatic rings. The summed E-state index contributed by atoms with van der Waals surface area (Å²) < 4.78 is 40.0. The molecular formula is C20H21FN2O3S. The minimum Gasteiger partial charge on any atom is -0.308 e. The van der Waals surface area contributed by atoms with E-state index in [2.05, 4.69) is 0 Å². The highest BCUT2D eigenvalue weighted by Crippen LogP contribution is 2.34. The summed E-state index contributed by atoms with van der Waals surface area (Å²) in [5.41, 5.74) is 2.99. The topological polar surface area (TPSA) is 57.7 Å². The highest BCUT2D eigenvalue weighted by atomic mass is 32.2. The summed E-state index contributed by atoms with van der Waals surface area (Å²) in [6.45, 7) is 2.82. The van der Waals surface area contributed by atoms with Crippen LogP contribution in [0.25, 0.3) is 0 Å². The zero-order valence-corrected chi connectivity index (χ0v) is 15.9. The van der Waals surface area contributed by atoms with Crippen molar-refractivity contribution in [2.75, 3.05) is 28.0 Å². The van der Waals surface area contributed by atoms with E-state index in [0.29, 0.717) is 54.9 Å². The Bertz CT molecular complexity index is 1020. The smallest absolute Gasteiger partial charge is 0.258 e. The van der Waals surface area contributed by atoms with E-state index in [1.807, 2.05) is 6.92 Å². The number of sulfonamides is 1. The van der Waals surface area contributed by atoms with Crippen molar-refractivity contribution in [2.45, 2.75) is 26.2 Å². The van der Waals surface area contributed by atoms with Crippen molar-refractivity contribution in [3.05, 3.63) is 58.9 Å². The Balaban J connectivity index is 1.72. The van der Waals surface area contributed by atoms with Gasteiger partial charge in [0.15, 0.2) is 0 Å². The molecule has 142 valence electrons. The van der Waals surface area contributed by atoms with Crippen LogP contribution in [0.4, 0.5) is 15.8 Å². The van der Waals surface area contributed by atoms with Gasteiger partial charge in [0.05, 0.1) is 17.1 Å². The Morgan fingerprint density at radius 2 is 1.93 bits per heavy atom. The van der Waals surface area contributed by atoms with Crippen molar-refractivity contribution in [3.63, 3.8) is 0 Å². The lowest BCUT2D eigenvalue weighted by Gasteiger charge is -2.31. The van der Waals surface area contributed by atoms with Crippen molar-refractivity contribution in [1.82, 2.24) is 0 Å². The maximum absolute atomic E-state index is 14.2. The zero-order chi connectivity index (χ0) is 19.2. The zero-order valence-electron chi connectivity index (χ0n) is 15.1. The van der Waals surface area contributed by atoms with Crippen molar-refractivity contribution in [3.8, 4) is 0 Å². The number of halogens is 1. The number of amides is 1. The Kier molecular flexibility index (Phi) is 4.42. The number of carbonyl (C=O) groups excluding carboxylic acids is 1. The Morgan fingerprint density at radius 3 is 2.67 bits per heavy atom. The van der Waals surface area contributed by atoms with E-state index in [0.717, 1.165) is 5.56 Å². The molecule has 1 saturated heterocycles. The molecule has 0 radical (unpaired) electrons. The molecule has 1 fully saturated rings. The number of rotatable bonds is 2. The van der Waals surface area contributed by atoms with Crippen LogP contribution in [0.1, 0.15) is 34.3 Å². The van der Waals surface area contributed by atoms with Crippen molar-refractivity contribution in [1.29, 1.82) is 0 Å². The first kappa shape index (κ1) is 18.0. The summed E-state index contributed by atoms with van der Waals surface area (Å²) in [7, 11) is -3.31. The maximum atomic E-state index is 14.2. The van der Waals surface area contributed by atoms with Crippen LogP contribution >= 0.6 is 0 Å². The Hall–Kier alpha value is -2.41. The van der Waals surface area contributed by atoms with Crippen LogP contribution in [0.2, 0.25) is 0 Å². The van der Waals surface area contributed by atoms with E-state index < -0.39 is 10.0 Å². The van der Waals surface area contributed by atoms with Crippen molar-refractivity contribution in [2.24, 2.45) is 0 Å². The van der Waals surface area contributed by atoms with E-state index in [4.69, 9.17) is 0 Å². The van der Waals surface area contributed by atoms with Crippen molar-refractivity contribution < 1.29 is 17.6 Å². The van der Waals surface area contributed by atoms with E-state index >= 15 is 0 Å². The number of carbonyl (C=O) groups is 1. The fraction of sp³-hybridized carbons (Fsp3) is 0.350. The normalized spacial score (nSPS) is 18.4. The first-order valence-electron chi connectivity index (χ1n) is 9.09. The lowest BCUT2D eigenvalue weighted by molar-refractivity contribution is 0.0985.